The Labute approximate surface area is 230 Å². The SMILES string of the molecule is CCC/C(NC(=O)CN(c1cc(OC)ccc1OC)S(=O)(=O)c1ccc(OC)c(OC)c1)=C(/SC)C(C)C. The second kappa shape index (κ2) is 14.2. The van der Waals surface area contributed by atoms with Crippen molar-refractivity contribution in [1.29, 1.82) is 0 Å². The number of methoxy groups -OCH3 is 4. The lowest BCUT2D eigenvalue weighted by molar-refractivity contribution is -0.119. The topological polar surface area (TPSA) is 103 Å². The highest BCUT2D eigenvalue weighted by Crippen LogP contribution is 2.37. The first-order chi connectivity index (χ1) is 18.1. The molecular formula is C27H38N2O7S2. The third kappa shape index (κ3) is 7.28. The van der Waals surface area contributed by atoms with Crippen LogP contribution in [-0.2, 0) is 14.8 Å². The molecule has 0 aliphatic rings. The van der Waals surface area contributed by atoms with Crippen LogP contribution in [0.2, 0.25) is 0 Å². The van der Waals surface area contributed by atoms with E-state index in [2.05, 4.69) is 19.2 Å². The minimum absolute atomic E-state index is 0.0795. The molecule has 0 aromatic heterocycles. The average Bonchev–Trinajstić information content (AvgIpc) is 2.91. The molecule has 0 atom stereocenters. The first kappa shape index (κ1) is 31.2. The summed E-state index contributed by atoms with van der Waals surface area (Å²) in [6.45, 7) is 5.65. The lowest BCUT2D eigenvalue weighted by Crippen LogP contribution is -2.41. The zero-order valence-electron chi connectivity index (χ0n) is 23.3. The van der Waals surface area contributed by atoms with Gasteiger partial charge in [0.1, 0.15) is 18.0 Å². The molecule has 2 aromatic rings. The molecule has 0 fully saturated rings. The van der Waals surface area contributed by atoms with Crippen molar-refractivity contribution < 1.29 is 32.2 Å². The molecule has 0 radical (unpaired) electrons. The Kier molecular flexibility index (Phi) is 11.6. The highest BCUT2D eigenvalue weighted by atomic mass is 32.2. The maximum absolute atomic E-state index is 14.1. The summed E-state index contributed by atoms with van der Waals surface area (Å²) >= 11 is 1.58. The number of allylic oxidation sites excluding steroid dienone is 2. The maximum atomic E-state index is 14.1. The number of anilines is 1. The summed E-state index contributed by atoms with van der Waals surface area (Å²) in [6.07, 6.45) is 3.45. The van der Waals surface area contributed by atoms with Crippen LogP contribution >= 0.6 is 11.8 Å². The summed E-state index contributed by atoms with van der Waals surface area (Å²) in [5, 5.41) is 2.98. The van der Waals surface area contributed by atoms with Crippen molar-refractivity contribution in [1.82, 2.24) is 5.32 Å². The molecule has 2 rings (SSSR count). The Morgan fingerprint density at radius 3 is 2.11 bits per heavy atom. The first-order valence-electron chi connectivity index (χ1n) is 12.1. The molecule has 0 heterocycles. The van der Waals surface area contributed by atoms with E-state index in [1.807, 2.05) is 13.2 Å². The van der Waals surface area contributed by atoms with Crippen LogP contribution in [-0.4, -0.2) is 55.6 Å². The van der Waals surface area contributed by atoms with Gasteiger partial charge in [-0.05, 0) is 42.9 Å². The molecular weight excluding hydrogens is 528 g/mol. The van der Waals surface area contributed by atoms with Gasteiger partial charge in [-0.1, -0.05) is 27.2 Å². The van der Waals surface area contributed by atoms with E-state index >= 15 is 0 Å². The number of carbonyl (C=O) groups excluding carboxylic acids is 1. The lowest BCUT2D eigenvalue weighted by atomic mass is 10.1. The standard InChI is InChI=1S/C27H38N2O7S2/c1-9-10-21(27(37-8)18(2)3)28-26(30)17-29(22-15-19(33-4)11-13-23(22)34-5)38(31,32)20-12-14-24(35-6)25(16-20)36-7/h11-16,18H,9-10,17H2,1-8H3,(H,28,30)/b27-21-. The van der Waals surface area contributed by atoms with Crippen molar-refractivity contribution in [3.05, 3.63) is 47.0 Å². The van der Waals surface area contributed by atoms with Gasteiger partial charge in [-0.15, -0.1) is 11.8 Å². The van der Waals surface area contributed by atoms with E-state index in [0.717, 1.165) is 21.3 Å². The van der Waals surface area contributed by atoms with Crippen LogP contribution in [0.25, 0.3) is 0 Å². The number of amides is 1. The molecule has 11 heteroatoms. The fraction of sp³-hybridized carbons (Fsp3) is 0.444. The van der Waals surface area contributed by atoms with Gasteiger partial charge in [0.15, 0.2) is 11.5 Å². The molecule has 210 valence electrons. The molecule has 1 N–H and O–H groups in total. The minimum atomic E-state index is -4.27. The number of carbonyl (C=O) groups is 1. The molecule has 2 aromatic carbocycles. The highest BCUT2D eigenvalue weighted by molar-refractivity contribution is 8.02. The molecule has 38 heavy (non-hydrogen) atoms. The van der Waals surface area contributed by atoms with Gasteiger partial charge in [-0.2, -0.15) is 0 Å². The largest absolute Gasteiger partial charge is 0.497 e. The molecule has 0 saturated heterocycles. The second-order valence-electron chi connectivity index (χ2n) is 8.57. The molecule has 0 bridgehead atoms. The number of sulfonamides is 1. The number of nitrogens with one attached hydrogen (secondary N) is 1. The Balaban J connectivity index is 2.66. The van der Waals surface area contributed by atoms with Crippen molar-refractivity contribution in [3.63, 3.8) is 0 Å². The van der Waals surface area contributed by atoms with Crippen molar-refractivity contribution >= 4 is 33.4 Å². The molecule has 0 aliphatic heterocycles. The van der Waals surface area contributed by atoms with E-state index in [4.69, 9.17) is 18.9 Å². The van der Waals surface area contributed by atoms with Gasteiger partial charge < -0.3 is 24.3 Å². The van der Waals surface area contributed by atoms with Gasteiger partial charge in [0.25, 0.3) is 10.0 Å². The summed E-state index contributed by atoms with van der Waals surface area (Å²) in [4.78, 5) is 14.4. The number of rotatable bonds is 14. The molecule has 9 nitrogen and oxygen atoms in total. The number of benzene rings is 2. The van der Waals surface area contributed by atoms with Crippen LogP contribution in [0.5, 0.6) is 23.0 Å². The quantitative estimate of drug-likeness (QED) is 0.338. The van der Waals surface area contributed by atoms with Crippen molar-refractivity contribution in [2.24, 2.45) is 5.92 Å². The number of thioether (sulfide) groups is 1. The fourth-order valence-corrected chi connectivity index (χ4v) is 6.25. The monoisotopic (exact) mass is 566 g/mol. The van der Waals surface area contributed by atoms with E-state index in [1.54, 1.807) is 23.9 Å². The third-order valence-electron chi connectivity index (χ3n) is 5.72. The van der Waals surface area contributed by atoms with Gasteiger partial charge in [0.2, 0.25) is 5.91 Å². The van der Waals surface area contributed by atoms with Gasteiger partial charge >= 0.3 is 0 Å². The normalized spacial score (nSPS) is 12.0. The first-order valence-corrected chi connectivity index (χ1v) is 14.8. The number of hydrogen-bond acceptors (Lipinski definition) is 8. The van der Waals surface area contributed by atoms with Gasteiger partial charge in [0.05, 0.1) is 39.0 Å². The Morgan fingerprint density at radius 1 is 0.947 bits per heavy atom. The van der Waals surface area contributed by atoms with Crippen LogP contribution in [0, 0.1) is 5.92 Å². The maximum Gasteiger partial charge on any atom is 0.265 e. The predicted octanol–water partition coefficient (Wildman–Crippen LogP) is 5.06. The van der Waals surface area contributed by atoms with Crippen LogP contribution in [0.4, 0.5) is 5.69 Å². The molecule has 1 amide bonds. The van der Waals surface area contributed by atoms with Crippen molar-refractivity contribution in [2.75, 3.05) is 45.5 Å². The molecule has 0 saturated carbocycles. The zero-order chi connectivity index (χ0) is 28.5. The van der Waals surface area contributed by atoms with Gasteiger partial charge in [0, 0.05) is 22.7 Å². The minimum Gasteiger partial charge on any atom is -0.497 e. The highest BCUT2D eigenvalue weighted by Gasteiger charge is 2.31. The zero-order valence-corrected chi connectivity index (χ0v) is 24.9. The van der Waals surface area contributed by atoms with Crippen LogP contribution in [0.3, 0.4) is 0 Å². The number of nitrogens with zero attached hydrogens (tertiary/aromatic N) is 1. The van der Waals surface area contributed by atoms with Crippen LogP contribution in [0.1, 0.15) is 33.6 Å². The number of ether oxygens (including phenoxy) is 4. The van der Waals surface area contributed by atoms with E-state index < -0.39 is 22.5 Å². The van der Waals surface area contributed by atoms with E-state index in [0.29, 0.717) is 17.9 Å². The summed E-state index contributed by atoms with van der Waals surface area (Å²) in [7, 11) is 1.52. The summed E-state index contributed by atoms with van der Waals surface area (Å²) in [5.41, 5.74) is 0.952. The summed E-state index contributed by atoms with van der Waals surface area (Å²) in [6, 6.07) is 9.03. The molecule has 0 spiro atoms. The Bertz CT molecular complexity index is 1240. The Hall–Kier alpha value is -3.05. The summed E-state index contributed by atoms with van der Waals surface area (Å²) < 4.78 is 50.5. The second-order valence-corrected chi connectivity index (χ2v) is 11.3. The van der Waals surface area contributed by atoms with Gasteiger partial charge in [-0.3, -0.25) is 9.10 Å². The fourth-order valence-electron chi connectivity index (χ4n) is 3.94. The number of hydrogen-bond donors (Lipinski definition) is 1. The van der Waals surface area contributed by atoms with Crippen molar-refractivity contribution in [3.8, 4) is 23.0 Å². The van der Waals surface area contributed by atoms with Gasteiger partial charge in [-0.25, -0.2) is 8.42 Å². The lowest BCUT2D eigenvalue weighted by Gasteiger charge is -2.27. The molecule has 0 unspecified atom stereocenters. The van der Waals surface area contributed by atoms with E-state index in [9.17, 15) is 13.2 Å². The Morgan fingerprint density at radius 2 is 1.58 bits per heavy atom. The van der Waals surface area contributed by atoms with E-state index in [1.165, 1.54) is 52.7 Å². The van der Waals surface area contributed by atoms with Crippen LogP contribution < -0.4 is 28.6 Å². The smallest absolute Gasteiger partial charge is 0.265 e. The molecule has 0 aliphatic carbocycles. The van der Waals surface area contributed by atoms with Crippen molar-refractivity contribution in [2.45, 2.75) is 38.5 Å². The summed E-state index contributed by atoms with van der Waals surface area (Å²) in [5.74, 6) is 1.02. The average molecular weight is 567 g/mol. The van der Waals surface area contributed by atoms with E-state index in [-0.39, 0.29) is 28.0 Å². The predicted molar refractivity (Wildman–Crippen MR) is 152 cm³/mol. The van der Waals surface area contributed by atoms with Crippen LogP contribution in [0.15, 0.2) is 51.9 Å². The third-order valence-corrected chi connectivity index (χ3v) is 8.63.